The molecule has 0 atom stereocenters. The lowest BCUT2D eigenvalue weighted by Crippen LogP contribution is -2.45. The summed E-state index contributed by atoms with van der Waals surface area (Å²) in [6.07, 6.45) is 2.24. The normalized spacial score (nSPS) is 19.9. The zero-order valence-corrected chi connectivity index (χ0v) is 15.4. The van der Waals surface area contributed by atoms with Crippen LogP contribution in [0, 0.1) is 0 Å². The molecule has 1 aromatic heterocycles. The van der Waals surface area contributed by atoms with Crippen molar-refractivity contribution in [1.82, 2.24) is 9.55 Å². The maximum absolute atomic E-state index is 12.8. The Labute approximate surface area is 156 Å². The van der Waals surface area contributed by atoms with Gasteiger partial charge in [0.15, 0.2) is 5.79 Å². The maximum Gasteiger partial charge on any atom is 0.299 e. The summed E-state index contributed by atoms with van der Waals surface area (Å²) in [5, 5.41) is 13.5. The fourth-order valence-corrected chi connectivity index (χ4v) is 3.93. The zero-order valence-electron chi connectivity index (χ0n) is 15.4. The van der Waals surface area contributed by atoms with Crippen LogP contribution in [0.4, 0.5) is 5.82 Å². The van der Waals surface area contributed by atoms with E-state index in [1.54, 1.807) is 4.57 Å². The van der Waals surface area contributed by atoms with Crippen LogP contribution >= 0.6 is 0 Å². The molecule has 144 valence electrons. The molecule has 0 unspecified atom stereocenters. The first-order chi connectivity index (χ1) is 13.2. The molecule has 1 N–H and O–H groups in total. The molecule has 1 aromatic carbocycles. The van der Waals surface area contributed by atoms with Gasteiger partial charge in [-0.15, -0.1) is 0 Å². The minimum atomic E-state index is -0.487. The van der Waals surface area contributed by atoms with Gasteiger partial charge in [0, 0.05) is 37.9 Å². The van der Waals surface area contributed by atoms with E-state index in [9.17, 15) is 10.0 Å². The van der Waals surface area contributed by atoms with Crippen LogP contribution in [0.2, 0.25) is 0 Å². The van der Waals surface area contributed by atoms with E-state index in [0.29, 0.717) is 38.7 Å². The van der Waals surface area contributed by atoms with Crippen LogP contribution in [0.15, 0.2) is 34.2 Å². The van der Waals surface area contributed by atoms with Gasteiger partial charge in [0.05, 0.1) is 18.7 Å². The van der Waals surface area contributed by atoms with E-state index in [1.165, 1.54) is 0 Å². The van der Waals surface area contributed by atoms with Gasteiger partial charge in [-0.05, 0) is 18.6 Å². The minimum absolute atomic E-state index is 0.191. The molecular formula is C19H24N4O4. The molecule has 2 fully saturated rings. The smallest absolute Gasteiger partial charge is 0.299 e. The average Bonchev–Trinajstić information content (AvgIpc) is 3.11. The second kappa shape index (κ2) is 7.28. The highest BCUT2D eigenvalue weighted by Crippen LogP contribution is 2.34. The van der Waals surface area contributed by atoms with Crippen LogP contribution in [0.3, 0.4) is 0 Å². The summed E-state index contributed by atoms with van der Waals surface area (Å²) in [5.41, 5.74) is 0.205. The number of hydrogen-bond donors (Lipinski definition) is 1. The SMILES string of the molecule is CCCn1c(=O)c(=NO)nc(N2CCC3(CC2)OCCO3)c2ccccc21. The van der Waals surface area contributed by atoms with Crippen molar-refractivity contribution in [2.75, 3.05) is 31.2 Å². The first-order valence-corrected chi connectivity index (χ1v) is 9.42. The number of fused-ring (bicyclic) bond motifs is 1. The van der Waals surface area contributed by atoms with Crippen LogP contribution in [0.5, 0.6) is 0 Å². The van der Waals surface area contributed by atoms with Crippen molar-refractivity contribution in [3.05, 3.63) is 40.1 Å². The van der Waals surface area contributed by atoms with Crippen molar-refractivity contribution >= 4 is 16.7 Å². The van der Waals surface area contributed by atoms with E-state index < -0.39 is 11.3 Å². The van der Waals surface area contributed by atoms with Crippen molar-refractivity contribution in [3.63, 3.8) is 0 Å². The third-order valence-corrected chi connectivity index (χ3v) is 5.26. The van der Waals surface area contributed by atoms with Crippen LogP contribution < -0.4 is 15.9 Å². The molecule has 2 aliphatic heterocycles. The van der Waals surface area contributed by atoms with Gasteiger partial charge in [-0.25, -0.2) is 4.98 Å². The molecule has 0 bridgehead atoms. The molecule has 2 saturated heterocycles. The second-order valence-corrected chi connectivity index (χ2v) is 6.93. The summed E-state index contributed by atoms with van der Waals surface area (Å²) in [5.74, 6) is 0.164. The lowest BCUT2D eigenvalue weighted by atomic mass is 10.0. The van der Waals surface area contributed by atoms with Gasteiger partial charge in [-0.1, -0.05) is 24.2 Å². The van der Waals surface area contributed by atoms with Gasteiger partial charge < -0.3 is 24.1 Å². The standard InChI is InChI=1S/C19H24N4O4/c1-2-9-23-15-6-4-3-5-14(15)17(20-16(21-25)18(23)24)22-10-7-19(8-11-22)26-12-13-27-19/h3-6,25H,2,7-13H2,1H3. The number of piperidine rings is 1. The number of nitrogens with zero attached hydrogens (tertiary/aromatic N) is 4. The molecule has 0 amide bonds. The van der Waals surface area contributed by atoms with Gasteiger partial charge in [0.25, 0.3) is 11.0 Å². The number of ether oxygens (including phenoxy) is 2. The summed E-state index contributed by atoms with van der Waals surface area (Å²) in [6.45, 7) is 5.17. The van der Waals surface area contributed by atoms with Crippen LogP contribution in [0.1, 0.15) is 26.2 Å². The van der Waals surface area contributed by atoms with Gasteiger partial charge in [0.1, 0.15) is 5.82 Å². The second-order valence-electron chi connectivity index (χ2n) is 6.93. The molecule has 27 heavy (non-hydrogen) atoms. The Morgan fingerprint density at radius 1 is 1.22 bits per heavy atom. The molecule has 4 rings (SSSR count). The van der Waals surface area contributed by atoms with Crippen LogP contribution in [-0.4, -0.2) is 46.8 Å². The predicted molar refractivity (Wildman–Crippen MR) is 99.7 cm³/mol. The molecule has 2 aliphatic rings. The van der Waals surface area contributed by atoms with Crippen molar-refractivity contribution < 1.29 is 14.7 Å². The third-order valence-electron chi connectivity index (χ3n) is 5.26. The lowest BCUT2D eigenvalue weighted by Gasteiger charge is -2.38. The first-order valence-electron chi connectivity index (χ1n) is 9.42. The number of anilines is 1. The van der Waals surface area contributed by atoms with Crippen molar-refractivity contribution in [1.29, 1.82) is 0 Å². The summed E-state index contributed by atoms with van der Waals surface area (Å²) in [6, 6.07) is 7.70. The van der Waals surface area contributed by atoms with E-state index in [-0.39, 0.29) is 5.49 Å². The Kier molecular flexibility index (Phi) is 4.84. The molecule has 3 heterocycles. The molecule has 0 aliphatic carbocycles. The highest BCUT2D eigenvalue weighted by Gasteiger charge is 2.40. The molecule has 8 heteroatoms. The highest BCUT2D eigenvalue weighted by molar-refractivity contribution is 5.89. The van der Waals surface area contributed by atoms with E-state index >= 15 is 0 Å². The number of benzene rings is 1. The summed E-state index contributed by atoms with van der Waals surface area (Å²) in [4.78, 5) is 19.4. The molecule has 0 saturated carbocycles. The van der Waals surface area contributed by atoms with Gasteiger partial charge in [-0.3, -0.25) is 4.79 Å². The van der Waals surface area contributed by atoms with E-state index in [4.69, 9.17) is 9.47 Å². The summed E-state index contributed by atoms with van der Waals surface area (Å²) >= 11 is 0. The maximum atomic E-state index is 12.8. The fraction of sp³-hybridized carbons (Fsp3) is 0.526. The monoisotopic (exact) mass is 372 g/mol. The number of aryl methyl sites for hydroxylation is 1. The minimum Gasteiger partial charge on any atom is -0.409 e. The molecule has 8 nitrogen and oxygen atoms in total. The quantitative estimate of drug-likeness (QED) is 0.648. The van der Waals surface area contributed by atoms with Crippen molar-refractivity contribution in [2.45, 2.75) is 38.5 Å². The molecule has 2 aromatic rings. The van der Waals surface area contributed by atoms with Gasteiger partial charge in [-0.2, -0.15) is 0 Å². The third kappa shape index (κ3) is 3.19. The topological polar surface area (TPSA) is 89.2 Å². The fourth-order valence-electron chi connectivity index (χ4n) is 3.93. The predicted octanol–water partition coefficient (Wildman–Crippen LogP) is 1.44. The summed E-state index contributed by atoms with van der Waals surface area (Å²) < 4.78 is 13.2. The number of para-hydroxylation sites is 1. The highest BCUT2D eigenvalue weighted by atomic mass is 16.7. The Balaban J connectivity index is 1.85. The van der Waals surface area contributed by atoms with Crippen LogP contribution in [-0.2, 0) is 16.0 Å². The average molecular weight is 372 g/mol. The largest absolute Gasteiger partial charge is 0.409 e. The number of aromatic nitrogens is 2. The van der Waals surface area contributed by atoms with Crippen molar-refractivity contribution in [3.8, 4) is 0 Å². The molecule has 1 spiro atoms. The van der Waals surface area contributed by atoms with Gasteiger partial charge in [0.2, 0.25) is 0 Å². The van der Waals surface area contributed by atoms with E-state index in [0.717, 1.165) is 30.2 Å². The number of rotatable bonds is 3. The van der Waals surface area contributed by atoms with E-state index in [2.05, 4.69) is 15.0 Å². The number of hydrogen-bond acceptors (Lipinski definition) is 7. The Morgan fingerprint density at radius 3 is 2.59 bits per heavy atom. The Morgan fingerprint density at radius 2 is 1.93 bits per heavy atom. The van der Waals surface area contributed by atoms with Crippen molar-refractivity contribution in [2.24, 2.45) is 5.16 Å². The molecule has 0 radical (unpaired) electrons. The van der Waals surface area contributed by atoms with E-state index in [1.807, 2.05) is 31.2 Å². The van der Waals surface area contributed by atoms with Gasteiger partial charge >= 0.3 is 0 Å². The van der Waals surface area contributed by atoms with Crippen LogP contribution in [0.25, 0.3) is 10.9 Å². The zero-order chi connectivity index (χ0) is 18.9. The lowest BCUT2D eigenvalue weighted by molar-refractivity contribution is -0.169. The Bertz CT molecular complexity index is 956. The summed E-state index contributed by atoms with van der Waals surface area (Å²) in [7, 11) is 0. The first kappa shape index (κ1) is 17.9. The Hall–Kier alpha value is -2.45. The molecular weight excluding hydrogens is 348 g/mol.